The first-order chi connectivity index (χ1) is 10.2. The minimum absolute atomic E-state index is 0.00943. The number of aromatic nitrogens is 2. The molecule has 1 heterocycles. The van der Waals surface area contributed by atoms with Gasteiger partial charge in [-0.05, 0) is 38.9 Å². The van der Waals surface area contributed by atoms with Gasteiger partial charge in [0.15, 0.2) is 0 Å². The summed E-state index contributed by atoms with van der Waals surface area (Å²) in [6.45, 7) is 7.61. The van der Waals surface area contributed by atoms with E-state index < -0.39 is 0 Å². The van der Waals surface area contributed by atoms with Crippen LogP contribution in [-0.4, -0.2) is 35.9 Å². The number of hydrogen-bond donors (Lipinski definition) is 1. The van der Waals surface area contributed by atoms with Crippen molar-refractivity contribution in [2.24, 2.45) is 0 Å². The van der Waals surface area contributed by atoms with E-state index in [-0.39, 0.29) is 5.56 Å². The van der Waals surface area contributed by atoms with Crippen molar-refractivity contribution in [3.8, 4) is 0 Å². The summed E-state index contributed by atoms with van der Waals surface area (Å²) in [5.41, 5.74) is 2.30. The lowest BCUT2D eigenvalue weighted by Gasteiger charge is -2.11. The number of nitrogens with zero attached hydrogens (tertiary/aromatic N) is 2. The Morgan fingerprint density at radius 3 is 2.90 bits per heavy atom. The predicted molar refractivity (Wildman–Crippen MR) is 84.7 cm³/mol. The maximum Gasteiger partial charge on any atom is 0.272 e. The molecule has 0 atom stereocenters. The molecular weight excluding hydrogens is 266 g/mol. The van der Waals surface area contributed by atoms with Crippen LogP contribution in [0, 0.1) is 6.92 Å². The van der Waals surface area contributed by atoms with E-state index in [4.69, 9.17) is 4.74 Å². The van der Waals surface area contributed by atoms with E-state index in [0.717, 1.165) is 43.8 Å². The third kappa shape index (κ3) is 4.12. The molecule has 5 nitrogen and oxygen atoms in total. The number of aryl methyl sites for hydroxylation is 1. The lowest BCUT2D eigenvalue weighted by molar-refractivity contribution is 0.145. The molecule has 21 heavy (non-hydrogen) atoms. The molecule has 0 amide bonds. The predicted octanol–water partition coefficient (Wildman–Crippen LogP) is 1.72. The first-order valence-electron chi connectivity index (χ1n) is 7.48. The summed E-state index contributed by atoms with van der Waals surface area (Å²) in [5.74, 6) is 0. The Balaban J connectivity index is 1.98. The highest BCUT2D eigenvalue weighted by Gasteiger charge is 2.06. The zero-order valence-corrected chi connectivity index (χ0v) is 12.8. The highest BCUT2D eigenvalue weighted by Crippen LogP contribution is 2.09. The van der Waals surface area contributed by atoms with Gasteiger partial charge in [-0.1, -0.05) is 12.1 Å². The van der Waals surface area contributed by atoms with Crippen LogP contribution in [-0.2, 0) is 11.3 Å². The van der Waals surface area contributed by atoms with Gasteiger partial charge in [0.1, 0.15) is 5.69 Å². The maximum atomic E-state index is 12.2. The topological polar surface area (TPSA) is 56.1 Å². The van der Waals surface area contributed by atoms with Gasteiger partial charge in [0.2, 0.25) is 0 Å². The van der Waals surface area contributed by atoms with Crippen molar-refractivity contribution in [1.29, 1.82) is 0 Å². The summed E-state index contributed by atoms with van der Waals surface area (Å²) in [6.07, 6.45) is 0.985. The zero-order chi connectivity index (χ0) is 15.1. The molecule has 0 aliphatic carbocycles. The van der Waals surface area contributed by atoms with E-state index in [2.05, 4.69) is 10.3 Å². The van der Waals surface area contributed by atoms with Gasteiger partial charge < -0.3 is 14.6 Å². The molecule has 2 rings (SSSR count). The molecule has 0 spiro atoms. The average molecular weight is 289 g/mol. The molecule has 5 heteroatoms. The fraction of sp³-hybridized carbons (Fsp3) is 0.500. The fourth-order valence-corrected chi connectivity index (χ4v) is 2.30. The Hall–Kier alpha value is -1.72. The van der Waals surface area contributed by atoms with Gasteiger partial charge in [0.05, 0.1) is 11.0 Å². The van der Waals surface area contributed by atoms with Crippen LogP contribution < -0.4 is 10.9 Å². The molecule has 114 valence electrons. The first kappa shape index (κ1) is 15.7. The molecule has 1 aromatic carbocycles. The molecule has 0 aliphatic heterocycles. The summed E-state index contributed by atoms with van der Waals surface area (Å²) >= 11 is 0. The molecule has 0 saturated carbocycles. The van der Waals surface area contributed by atoms with Crippen LogP contribution in [0.3, 0.4) is 0 Å². The number of nitrogens with one attached hydrogen (secondary N) is 1. The van der Waals surface area contributed by atoms with Crippen molar-refractivity contribution in [2.45, 2.75) is 26.8 Å². The SMILES string of the molecule is CCOCCCNCCn1c(=O)c(C)nc2ccccc21. The van der Waals surface area contributed by atoms with Crippen LogP contribution in [0.1, 0.15) is 19.0 Å². The van der Waals surface area contributed by atoms with Gasteiger partial charge in [-0.15, -0.1) is 0 Å². The van der Waals surface area contributed by atoms with Gasteiger partial charge in [0, 0.05) is 26.3 Å². The molecule has 1 N–H and O–H groups in total. The van der Waals surface area contributed by atoms with Crippen molar-refractivity contribution in [2.75, 3.05) is 26.3 Å². The lowest BCUT2D eigenvalue weighted by atomic mass is 10.2. The molecule has 0 unspecified atom stereocenters. The fourth-order valence-electron chi connectivity index (χ4n) is 2.30. The van der Waals surface area contributed by atoms with Crippen LogP contribution in [0.15, 0.2) is 29.1 Å². The maximum absolute atomic E-state index is 12.2. The lowest BCUT2D eigenvalue weighted by Crippen LogP contribution is -2.30. The monoisotopic (exact) mass is 289 g/mol. The number of hydrogen-bond acceptors (Lipinski definition) is 4. The van der Waals surface area contributed by atoms with E-state index in [9.17, 15) is 4.79 Å². The number of rotatable bonds is 8. The average Bonchev–Trinajstić information content (AvgIpc) is 2.50. The van der Waals surface area contributed by atoms with E-state index >= 15 is 0 Å². The normalized spacial score (nSPS) is 11.1. The highest BCUT2D eigenvalue weighted by atomic mass is 16.5. The standard InChI is InChI=1S/C16H23N3O2/c1-3-21-12-6-9-17-10-11-19-15-8-5-4-7-14(15)18-13(2)16(19)20/h4-5,7-8,17H,3,6,9-12H2,1-2H3. The van der Waals surface area contributed by atoms with E-state index in [1.165, 1.54) is 0 Å². The van der Waals surface area contributed by atoms with E-state index in [1.54, 1.807) is 11.5 Å². The highest BCUT2D eigenvalue weighted by molar-refractivity contribution is 5.74. The Labute approximate surface area is 125 Å². The summed E-state index contributed by atoms with van der Waals surface area (Å²) < 4.78 is 7.09. The second-order valence-electron chi connectivity index (χ2n) is 4.94. The minimum atomic E-state index is -0.00943. The van der Waals surface area contributed by atoms with E-state index in [1.807, 2.05) is 31.2 Å². The third-order valence-corrected chi connectivity index (χ3v) is 3.37. The Morgan fingerprint density at radius 2 is 2.10 bits per heavy atom. The molecule has 2 aromatic rings. The minimum Gasteiger partial charge on any atom is -0.382 e. The van der Waals surface area contributed by atoms with Gasteiger partial charge in [-0.2, -0.15) is 0 Å². The number of fused-ring (bicyclic) bond motifs is 1. The number of ether oxygens (including phenoxy) is 1. The van der Waals surface area contributed by atoms with Crippen LogP contribution in [0.5, 0.6) is 0 Å². The molecule has 0 saturated heterocycles. The van der Waals surface area contributed by atoms with Crippen molar-refractivity contribution >= 4 is 11.0 Å². The van der Waals surface area contributed by atoms with Crippen molar-refractivity contribution in [3.63, 3.8) is 0 Å². The van der Waals surface area contributed by atoms with Crippen molar-refractivity contribution in [1.82, 2.24) is 14.9 Å². The van der Waals surface area contributed by atoms with Crippen molar-refractivity contribution in [3.05, 3.63) is 40.3 Å². The third-order valence-electron chi connectivity index (χ3n) is 3.37. The Morgan fingerprint density at radius 1 is 1.29 bits per heavy atom. The second kappa shape index (κ2) is 7.90. The van der Waals surface area contributed by atoms with Crippen LogP contribution in [0.4, 0.5) is 0 Å². The van der Waals surface area contributed by atoms with E-state index in [0.29, 0.717) is 12.2 Å². The smallest absolute Gasteiger partial charge is 0.272 e. The zero-order valence-electron chi connectivity index (χ0n) is 12.8. The molecule has 1 aromatic heterocycles. The van der Waals surface area contributed by atoms with Gasteiger partial charge in [-0.25, -0.2) is 4.98 Å². The summed E-state index contributed by atoms with van der Waals surface area (Å²) in [6, 6.07) is 7.76. The van der Waals surface area contributed by atoms with Gasteiger partial charge in [-0.3, -0.25) is 4.79 Å². The largest absolute Gasteiger partial charge is 0.382 e. The molecule has 0 fully saturated rings. The summed E-state index contributed by atoms with van der Waals surface area (Å²) in [4.78, 5) is 16.6. The quantitative estimate of drug-likeness (QED) is 0.752. The summed E-state index contributed by atoms with van der Waals surface area (Å²) in [7, 11) is 0. The second-order valence-corrected chi connectivity index (χ2v) is 4.94. The Bertz CT molecular complexity index is 637. The van der Waals surface area contributed by atoms with Gasteiger partial charge >= 0.3 is 0 Å². The van der Waals surface area contributed by atoms with Crippen LogP contribution in [0.25, 0.3) is 11.0 Å². The number of benzene rings is 1. The number of para-hydroxylation sites is 2. The van der Waals surface area contributed by atoms with Crippen LogP contribution in [0.2, 0.25) is 0 Å². The molecule has 0 bridgehead atoms. The molecule has 0 radical (unpaired) electrons. The van der Waals surface area contributed by atoms with Crippen LogP contribution >= 0.6 is 0 Å². The first-order valence-corrected chi connectivity index (χ1v) is 7.48. The van der Waals surface area contributed by atoms with Crippen molar-refractivity contribution < 1.29 is 4.74 Å². The van der Waals surface area contributed by atoms with Gasteiger partial charge in [0.25, 0.3) is 5.56 Å². The molecular formula is C16H23N3O2. The summed E-state index contributed by atoms with van der Waals surface area (Å²) in [5, 5.41) is 3.34. The Kier molecular flexibility index (Phi) is 5.90. The molecule has 0 aliphatic rings.